The molecule has 1 aliphatic heterocycles. The average Bonchev–Trinajstić information content (AvgIpc) is 2.58. The molecule has 1 heterocycles. The smallest absolute Gasteiger partial charge is 0.344 e. The lowest BCUT2D eigenvalue weighted by Crippen LogP contribution is -2.41. The van der Waals surface area contributed by atoms with Gasteiger partial charge in [0.15, 0.2) is 6.29 Å². The molecule has 0 aliphatic carbocycles. The number of aliphatic hydroxyl groups excluding tert-OH is 1. The van der Waals surface area contributed by atoms with Gasteiger partial charge in [-0.15, -0.1) is 0 Å². The standard InChI is InChI=1S/C18H22O7/c1-10(8-19)5-6-24-16-11(2)15(21)14-12(13(16)9-20)7-18(3,23-4)25-17(14)22/h5,9,19,21H,6-8H2,1-4H3/b10-5+. The van der Waals surface area contributed by atoms with Crippen LogP contribution in [0.2, 0.25) is 0 Å². The molecule has 1 atom stereocenters. The summed E-state index contributed by atoms with van der Waals surface area (Å²) in [5.41, 5.74) is 1.46. The molecule has 0 bridgehead atoms. The summed E-state index contributed by atoms with van der Waals surface area (Å²) in [4.78, 5) is 24.0. The van der Waals surface area contributed by atoms with E-state index in [1.807, 2.05) is 0 Å². The van der Waals surface area contributed by atoms with Gasteiger partial charge in [0.2, 0.25) is 5.79 Å². The highest BCUT2D eigenvalue weighted by atomic mass is 16.7. The number of cyclic esters (lactones) is 1. The summed E-state index contributed by atoms with van der Waals surface area (Å²) in [6, 6.07) is 0. The van der Waals surface area contributed by atoms with Crippen molar-refractivity contribution in [2.45, 2.75) is 33.0 Å². The predicted molar refractivity (Wildman–Crippen MR) is 89.1 cm³/mol. The van der Waals surface area contributed by atoms with E-state index in [1.54, 1.807) is 26.8 Å². The third-order valence-electron chi connectivity index (χ3n) is 4.27. The minimum atomic E-state index is -1.23. The fourth-order valence-corrected chi connectivity index (χ4v) is 2.68. The van der Waals surface area contributed by atoms with Gasteiger partial charge in [-0.1, -0.05) is 0 Å². The monoisotopic (exact) mass is 350 g/mol. The quantitative estimate of drug-likeness (QED) is 0.459. The molecule has 0 aromatic heterocycles. The third kappa shape index (κ3) is 3.52. The molecule has 25 heavy (non-hydrogen) atoms. The van der Waals surface area contributed by atoms with Gasteiger partial charge in [-0.2, -0.15) is 0 Å². The van der Waals surface area contributed by atoms with E-state index in [1.165, 1.54) is 7.11 Å². The van der Waals surface area contributed by atoms with Crippen LogP contribution < -0.4 is 4.74 Å². The van der Waals surface area contributed by atoms with Gasteiger partial charge in [-0.3, -0.25) is 4.79 Å². The first-order chi connectivity index (χ1) is 11.8. The summed E-state index contributed by atoms with van der Waals surface area (Å²) >= 11 is 0. The van der Waals surface area contributed by atoms with Crippen molar-refractivity contribution >= 4 is 12.3 Å². The van der Waals surface area contributed by atoms with Crippen molar-refractivity contribution in [2.24, 2.45) is 0 Å². The molecular formula is C18H22O7. The zero-order chi connectivity index (χ0) is 18.8. The molecule has 7 nitrogen and oxygen atoms in total. The number of ether oxygens (including phenoxy) is 3. The van der Waals surface area contributed by atoms with Gasteiger partial charge in [0.25, 0.3) is 0 Å². The molecule has 1 unspecified atom stereocenters. The van der Waals surface area contributed by atoms with E-state index in [9.17, 15) is 14.7 Å². The Bertz CT molecular complexity index is 736. The maximum absolute atomic E-state index is 12.3. The van der Waals surface area contributed by atoms with Gasteiger partial charge >= 0.3 is 5.97 Å². The fourth-order valence-electron chi connectivity index (χ4n) is 2.68. The number of hydrogen-bond acceptors (Lipinski definition) is 7. The maximum atomic E-state index is 12.3. The minimum absolute atomic E-state index is 0.0384. The molecule has 0 spiro atoms. The second-order valence-corrected chi connectivity index (χ2v) is 6.11. The van der Waals surface area contributed by atoms with Crippen LogP contribution in [-0.2, 0) is 15.9 Å². The Kier molecular flexibility index (Phi) is 5.49. The van der Waals surface area contributed by atoms with Crippen LogP contribution in [0.4, 0.5) is 0 Å². The molecule has 0 amide bonds. The van der Waals surface area contributed by atoms with Crippen molar-refractivity contribution in [3.8, 4) is 11.5 Å². The minimum Gasteiger partial charge on any atom is -0.507 e. The largest absolute Gasteiger partial charge is 0.507 e. The molecule has 0 saturated carbocycles. The summed E-state index contributed by atoms with van der Waals surface area (Å²) in [7, 11) is 1.40. The van der Waals surface area contributed by atoms with Gasteiger partial charge < -0.3 is 24.4 Å². The molecule has 1 aromatic rings. The molecule has 1 aromatic carbocycles. The number of aldehydes is 1. The highest BCUT2D eigenvalue weighted by Gasteiger charge is 2.41. The van der Waals surface area contributed by atoms with E-state index in [4.69, 9.17) is 19.3 Å². The van der Waals surface area contributed by atoms with E-state index < -0.39 is 11.8 Å². The third-order valence-corrected chi connectivity index (χ3v) is 4.27. The van der Waals surface area contributed by atoms with Gasteiger partial charge in [0.1, 0.15) is 23.7 Å². The highest BCUT2D eigenvalue weighted by molar-refractivity contribution is 6.00. The van der Waals surface area contributed by atoms with Crippen LogP contribution in [0.1, 0.15) is 45.7 Å². The first-order valence-electron chi connectivity index (χ1n) is 7.79. The molecule has 0 saturated heterocycles. The van der Waals surface area contributed by atoms with Crippen LogP contribution in [0.5, 0.6) is 11.5 Å². The van der Waals surface area contributed by atoms with E-state index in [0.717, 1.165) is 0 Å². The van der Waals surface area contributed by atoms with Gasteiger partial charge in [0, 0.05) is 26.0 Å². The number of carbonyl (C=O) groups excluding carboxylic acids is 2. The Balaban J connectivity index is 2.56. The normalized spacial score (nSPS) is 20.0. The summed E-state index contributed by atoms with van der Waals surface area (Å²) in [6.45, 7) is 4.88. The fraction of sp³-hybridized carbons (Fsp3) is 0.444. The Hall–Kier alpha value is -2.38. The van der Waals surface area contributed by atoms with Crippen LogP contribution in [0, 0.1) is 6.92 Å². The van der Waals surface area contributed by atoms with Crippen LogP contribution in [0.3, 0.4) is 0 Å². The topological polar surface area (TPSA) is 102 Å². The molecule has 0 fully saturated rings. The molecule has 1 aliphatic rings. The van der Waals surface area contributed by atoms with Crippen molar-refractivity contribution in [3.05, 3.63) is 33.9 Å². The Labute approximate surface area is 145 Å². The number of esters is 1. The van der Waals surface area contributed by atoms with E-state index in [0.29, 0.717) is 17.4 Å². The Morgan fingerprint density at radius 1 is 1.44 bits per heavy atom. The number of methoxy groups -OCH3 is 1. The first-order valence-corrected chi connectivity index (χ1v) is 7.79. The van der Waals surface area contributed by atoms with Crippen LogP contribution >= 0.6 is 0 Å². The van der Waals surface area contributed by atoms with Crippen molar-refractivity contribution in [3.63, 3.8) is 0 Å². The van der Waals surface area contributed by atoms with Crippen molar-refractivity contribution in [1.29, 1.82) is 0 Å². The predicted octanol–water partition coefficient (Wildman–Crippen LogP) is 1.91. The van der Waals surface area contributed by atoms with Crippen molar-refractivity contribution in [1.82, 2.24) is 0 Å². The van der Waals surface area contributed by atoms with Gasteiger partial charge in [0.05, 0.1) is 12.2 Å². The summed E-state index contributed by atoms with van der Waals surface area (Å²) < 4.78 is 16.1. The van der Waals surface area contributed by atoms with Crippen molar-refractivity contribution in [2.75, 3.05) is 20.3 Å². The van der Waals surface area contributed by atoms with Gasteiger partial charge in [-0.05, 0) is 31.1 Å². The zero-order valence-electron chi connectivity index (χ0n) is 14.7. The van der Waals surface area contributed by atoms with Crippen LogP contribution in [0.15, 0.2) is 11.6 Å². The average molecular weight is 350 g/mol. The molecule has 7 heteroatoms. The van der Waals surface area contributed by atoms with E-state index >= 15 is 0 Å². The number of benzene rings is 1. The maximum Gasteiger partial charge on any atom is 0.344 e. The second kappa shape index (κ2) is 7.25. The van der Waals surface area contributed by atoms with E-state index in [-0.39, 0.29) is 47.8 Å². The van der Waals surface area contributed by atoms with Crippen molar-refractivity contribution < 1.29 is 34.0 Å². The Morgan fingerprint density at radius 2 is 2.12 bits per heavy atom. The lowest BCUT2D eigenvalue weighted by molar-refractivity contribution is -0.177. The summed E-state index contributed by atoms with van der Waals surface area (Å²) in [5.74, 6) is -2.06. The number of rotatable bonds is 6. The molecule has 136 valence electrons. The highest BCUT2D eigenvalue weighted by Crippen LogP contribution is 2.42. The number of carbonyl (C=O) groups is 2. The number of phenols is 1. The summed E-state index contributed by atoms with van der Waals surface area (Å²) in [6.07, 6.45) is 2.37. The molecule has 2 rings (SSSR count). The lowest BCUT2D eigenvalue weighted by Gasteiger charge is -2.34. The van der Waals surface area contributed by atoms with Gasteiger partial charge in [-0.25, -0.2) is 4.79 Å². The molecular weight excluding hydrogens is 328 g/mol. The first kappa shape index (κ1) is 19.0. The zero-order valence-corrected chi connectivity index (χ0v) is 14.7. The molecule has 2 N–H and O–H groups in total. The number of aromatic hydroxyl groups is 1. The number of aliphatic hydroxyl groups is 1. The number of phenolic OH excluding ortho intramolecular Hbond substituents is 1. The van der Waals surface area contributed by atoms with Crippen LogP contribution in [-0.4, -0.2) is 48.6 Å². The number of hydrogen-bond donors (Lipinski definition) is 2. The molecule has 0 radical (unpaired) electrons. The number of fused-ring (bicyclic) bond motifs is 1. The van der Waals surface area contributed by atoms with E-state index in [2.05, 4.69) is 0 Å². The van der Waals surface area contributed by atoms with Crippen LogP contribution in [0.25, 0.3) is 0 Å². The second-order valence-electron chi connectivity index (χ2n) is 6.11. The lowest BCUT2D eigenvalue weighted by atomic mass is 9.89. The Morgan fingerprint density at radius 3 is 2.68 bits per heavy atom. The SMILES string of the molecule is COC1(C)Cc2c(C=O)c(OC/C=C(\C)CO)c(C)c(O)c2C(=O)O1. The summed E-state index contributed by atoms with van der Waals surface area (Å²) in [5, 5.41) is 19.4.